The summed E-state index contributed by atoms with van der Waals surface area (Å²) in [7, 11) is 0. The number of benzene rings is 1. The van der Waals surface area contributed by atoms with Gasteiger partial charge in [0.15, 0.2) is 0 Å². The number of rotatable bonds is 3. The maximum absolute atomic E-state index is 12.5. The monoisotopic (exact) mass is 337 g/mol. The number of likely N-dealkylation sites (tertiary alicyclic amines) is 2. The minimum absolute atomic E-state index is 0. The number of carbonyl (C=O) groups is 1. The van der Waals surface area contributed by atoms with E-state index in [0.29, 0.717) is 12.5 Å². The van der Waals surface area contributed by atoms with Crippen molar-refractivity contribution in [3.8, 4) is 0 Å². The first-order valence-electron chi connectivity index (χ1n) is 8.54. The molecule has 2 saturated heterocycles. The highest BCUT2D eigenvalue weighted by molar-refractivity contribution is 5.85. The van der Waals surface area contributed by atoms with Gasteiger partial charge >= 0.3 is 0 Å². The van der Waals surface area contributed by atoms with Crippen molar-refractivity contribution < 1.29 is 4.79 Å². The Morgan fingerprint density at radius 2 is 1.70 bits per heavy atom. The Morgan fingerprint density at radius 1 is 1.04 bits per heavy atom. The molecule has 23 heavy (non-hydrogen) atoms. The van der Waals surface area contributed by atoms with Crippen LogP contribution in [0.15, 0.2) is 30.3 Å². The summed E-state index contributed by atoms with van der Waals surface area (Å²) in [6, 6.07) is 10.6. The molecule has 0 aromatic heterocycles. The number of carbonyl (C=O) groups excluding carboxylic acids is 1. The molecule has 2 N–H and O–H groups in total. The van der Waals surface area contributed by atoms with Gasteiger partial charge in [0.2, 0.25) is 5.91 Å². The Labute approximate surface area is 145 Å². The normalized spacial score (nSPS) is 25.7. The van der Waals surface area contributed by atoms with Crippen LogP contribution in [-0.4, -0.2) is 54.5 Å². The zero-order valence-corrected chi connectivity index (χ0v) is 14.5. The molecular formula is C18H28ClN3O. The lowest BCUT2D eigenvalue weighted by Crippen LogP contribution is -2.40. The second-order valence-electron chi connectivity index (χ2n) is 6.67. The molecule has 2 aliphatic rings. The Hall–Kier alpha value is -1.10. The van der Waals surface area contributed by atoms with Crippen LogP contribution in [0.5, 0.6) is 0 Å². The van der Waals surface area contributed by atoms with Crippen molar-refractivity contribution in [3.63, 3.8) is 0 Å². The molecule has 1 aromatic rings. The van der Waals surface area contributed by atoms with Crippen LogP contribution in [0.1, 0.15) is 37.2 Å². The Kier molecular flexibility index (Phi) is 6.88. The lowest BCUT2D eigenvalue weighted by Gasteiger charge is -2.23. The summed E-state index contributed by atoms with van der Waals surface area (Å²) in [4.78, 5) is 16.8. The number of nitrogens with two attached hydrogens (primary N) is 1. The van der Waals surface area contributed by atoms with Crippen LogP contribution in [0.3, 0.4) is 0 Å². The topological polar surface area (TPSA) is 49.6 Å². The molecule has 2 aliphatic heterocycles. The number of hydrogen-bond acceptors (Lipinski definition) is 3. The lowest BCUT2D eigenvalue weighted by molar-refractivity contribution is -0.132. The highest BCUT2D eigenvalue weighted by Gasteiger charge is 2.32. The first-order chi connectivity index (χ1) is 10.7. The summed E-state index contributed by atoms with van der Waals surface area (Å²) < 4.78 is 0. The molecule has 128 valence electrons. The molecular weight excluding hydrogens is 310 g/mol. The molecule has 1 amide bonds. The molecule has 2 fully saturated rings. The van der Waals surface area contributed by atoms with E-state index in [9.17, 15) is 4.79 Å². The second kappa shape index (κ2) is 8.67. The zero-order chi connectivity index (χ0) is 15.4. The molecule has 0 radical (unpaired) electrons. The third-order valence-corrected chi connectivity index (χ3v) is 4.99. The van der Waals surface area contributed by atoms with E-state index >= 15 is 0 Å². The van der Waals surface area contributed by atoms with E-state index in [4.69, 9.17) is 5.73 Å². The molecule has 3 rings (SSSR count). The molecule has 1 aromatic carbocycles. The van der Waals surface area contributed by atoms with Gasteiger partial charge in [-0.2, -0.15) is 0 Å². The van der Waals surface area contributed by atoms with E-state index in [1.807, 2.05) is 11.0 Å². The average molecular weight is 338 g/mol. The van der Waals surface area contributed by atoms with Crippen molar-refractivity contribution in [2.75, 3.05) is 32.7 Å². The summed E-state index contributed by atoms with van der Waals surface area (Å²) in [5.41, 5.74) is 7.61. The van der Waals surface area contributed by atoms with E-state index < -0.39 is 0 Å². The molecule has 0 spiro atoms. The van der Waals surface area contributed by atoms with Crippen molar-refractivity contribution in [2.45, 2.75) is 37.6 Å². The van der Waals surface area contributed by atoms with Crippen LogP contribution in [0.2, 0.25) is 0 Å². The van der Waals surface area contributed by atoms with Gasteiger partial charge in [-0.15, -0.1) is 12.4 Å². The zero-order valence-electron chi connectivity index (χ0n) is 13.7. The van der Waals surface area contributed by atoms with Gasteiger partial charge in [0.25, 0.3) is 0 Å². The summed E-state index contributed by atoms with van der Waals surface area (Å²) in [5.74, 6) is 0.626. The average Bonchev–Trinajstić information content (AvgIpc) is 2.75. The quantitative estimate of drug-likeness (QED) is 0.920. The molecule has 4 nitrogen and oxygen atoms in total. The molecule has 0 saturated carbocycles. The number of amides is 1. The molecule has 0 unspecified atom stereocenters. The highest BCUT2D eigenvalue weighted by Crippen LogP contribution is 2.26. The van der Waals surface area contributed by atoms with E-state index in [1.165, 1.54) is 18.4 Å². The van der Waals surface area contributed by atoms with E-state index in [0.717, 1.165) is 39.0 Å². The Bertz CT molecular complexity index is 488. The lowest BCUT2D eigenvalue weighted by atomic mass is 9.95. The van der Waals surface area contributed by atoms with E-state index in [-0.39, 0.29) is 24.4 Å². The van der Waals surface area contributed by atoms with Crippen molar-refractivity contribution >= 4 is 18.3 Å². The Morgan fingerprint density at radius 3 is 2.35 bits per heavy atom. The van der Waals surface area contributed by atoms with Crippen LogP contribution >= 0.6 is 12.4 Å². The largest absolute Gasteiger partial charge is 0.342 e. The summed E-state index contributed by atoms with van der Waals surface area (Å²) in [5, 5.41) is 0. The number of hydrogen-bond donors (Lipinski definition) is 1. The van der Waals surface area contributed by atoms with Gasteiger partial charge < -0.3 is 10.6 Å². The van der Waals surface area contributed by atoms with Crippen molar-refractivity contribution in [1.29, 1.82) is 0 Å². The van der Waals surface area contributed by atoms with Crippen LogP contribution in [-0.2, 0) is 4.79 Å². The van der Waals surface area contributed by atoms with Crippen LogP contribution in [0.4, 0.5) is 0 Å². The SMILES string of the molecule is Cl.N[C@@H]1CN(CC(=O)N2CCCCCC2)C[C@H]1c1ccccc1. The Balaban J connectivity index is 0.00000192. The summed E-state index contributed by atoms with van der Waals surface area (Å²) in [6.07, 6.45) is 4.82. The highest BCUT2D eigenvalue weighted by atomic mass is 35.5. The maximum Gasteiger partial charge on any atom is 0.236 e. The van der Waals surface area contributed by atoms with Gasteiger partial charge in [-0.1, -0.05) is 43.2 Å². The van der Waals surface area contributed by atoms with E-state index in [1.54, 1.807) is 0 Å². The maximum atomic E-state index is 12.5. The first kappa shape index (κ1) is 18.2. The second-order valence-corrected chi connectivity index (χ2v) is 6.67. The van der Waals surface area contributed by atoms with E-state index in [2.05, 4.69) is 29.2 Å². The summed E-state index contributed by atoms with van der Waals surface area (Å²) >= 11 is 0. The van der Waals surface area contributed by atoms with Gasteiger partial charge in [-0.25, -0.2) is 0 Å². The molecule has 5 heteroatoms. The fourth-order valence-corrected chi connectivity index (χ4v) is 3.71. The molecule has 0 bridgehead atoms. The predicted octanol–water partition coefficient (Wildman–Crippen LogP) is 2.24. The molecule has 0 aliphatic carbocycles. The third-order valence-electron chi connectivity index (χ3n) is 4.99. The minimum atomic E-state index is 0. The van der Waals surface area contributed by atoms with Gasteiger partial charge in [0.05, 0.1) is 6.54 Å². The molecule has 2 atom stereocenters. The number of nitrogens with zero attached hydrogens (tertiary/aromatic N) is 2. The fraction of sp³-hybridized carbons (Fsp3) is 0.611. The van der Waals surface area contributed by atoms with Crippen LogP contribution in [0, 0.1) is 0 Å². The van der Waals surface area contributed by atoms with Crippen molar-refractivity contribution in [3.05, 3.63) is 35.9 Å². The standard InChI is InChI=1S/C18H27N3O.ClH/c19-17-13-20(12-16(17)15-8-4-3-5-9-15)14-18(22)21-10-6-1-2-7-11-21;/h3-5,8-9,16-17H,1-2,6-7,10-14,19H2;1H/t16-,17+;/m0./s1. The van der Waals surface area contributed by atoms with Crippen LogP contribution < -0.4 is 5.73 Å². The minimum Gasteiger partial charge on any atom is -0.342 e. The first-order valence-corrected chi connectivity index (χ1v) is 8.54. The van der Waals surface area contributed by atoms with Crippen molar-refractivity contribution in [2.24, 2.45) is 5.73 Å². The van der Waals surface area contributed by atoms with Gasteiger partial charge in [0, 0.05) is 38.1 Å². The van der Waals surface area contributed by atoms with Crippen LogP contribution in [0.25, 0.3) is 0 Å². The van der Waals surface area contributed by atoms with Gasteiger partial charge in [0.1, 0.15) is 0 Å². The van der Waals surface area contributed by atoms with Gasteiger partial charge in [-0.3, -0.25) is 9.69 Å². The third kappa shape index (κ3) is 4.69. The van der Waals surface area contributed by atoms with Crippen molar-refractivity contribution in [1.82, 2.24) is 9.80 Å². The smallest absolute Gasteiger partial charge is 0.236 e. The molecule has 2 heterocycles. The summed E-state index contributed by atoms with van der Waals surface area (Å²) in [6.45, 7) is 4.10. The number of halogens is 1. The predicted molar refractivity (Wildman–Crippen MR) is 95.9 cm³/mol. The fourth-order valence-electron chi connectivity index (χ4n) is 3.71. The van der Waals surface area contributed by atoms with Gasteiger partial charge in [-0.05, 0) is 18.4 Å².